The number of fused-ring (bicyclic) bond motifs is 2. The SMILES string of the molecule is O=C(Cn1cc(C(=O)c2ccco2)c2ccccc21)NCc1ccc2c(c1)OCO2. The standard InChI is InChI=1S/C23H18N2O5/c26-22(24-11-15-7-8-19-21(10-15)30-14-29-19)13-25-12-17(16-4-1-2-5-18(16)25)23(27)20-6-3-9-28-20/h1-10,12H,11,13-14H2,(H,24,26). The molecule has 0 saturated heterocycles. The lowest BCUT2D eigenvalue weighted by Gasteiger charge is -2.08. The summed E-state index contributed by atoms with van der Waals surface area (Å²) in [6.07, 6.45) is 3.17. The molecule has 1 aliphatic rings. The maximum atomic E-state index is 12.8. The van der Waals surface area contributed by atoms with Gasteiger partial charge in [0.05, 0.1) is 11.8 Å². The van der Waals surface area contributed by atoms with Gasteiger partial charge >= 0.3 is 0 Å². The maximum absolute atomic E-state index is 12.8. The zero-order valence-electron chi connectivity index (χ0n) is 16.0. The number of benzene rings is 2. The summed E-state index contributed by atoms with van der Waals surface area (Å²) in [5, 5.41) is 3.69. The normalized spacial score (nSPS) is 12.3. The fraction of sp³-hybridized carbons (Fsp3) is 0.130. The van der Waals surface area contributed by atoms with Gasteiger partial charge in [-0.05, 0) is 35.9 Å². The van der Waals surface area contributed by atoms with E-state index < -0.39 is 0 Å². The van der Waals surface area contributed by atoms with Crippen molar-refractivity contribution in [2.45, 2.75) is 13.1 Å². The Labute approximate surface area is 171 Å². The Balaban J connectivity index is 1.33. The lowest BCUT2D eigenvalue weighted by Crippen LogP contribution is -2.26. The van der Waals surface area contributed by atoms with E-state index in [1.807, 2.05) is 42.5 Å². The van der Waals surface area contributed by atoms with Crippen molar-refractivity contribution in [2.75, 3.05) is 6.79 Å². The van der Waals surface area contributed by atoms with Crippen molar-refractivity contribution < 1.29 is 23.5 Å². The predicted molar refractivity (Wildman–Crippen MR) is 108 cm³/mol. The van der Waals surface area contributed by atoms with Crippen molar-refractivity contribution in [3.05, 3.63) is 83.9 Å². The minimum atomic E-state index is -0.212. The summed E-state index contributed by atoms with van der Waals surface area (Å²) in [4.78, 5) is 25.4. The Hall–Kier alpha value is -4.00. The summed E-state index contributed by atoms with van der Waals surface area (Å²) in [7, 11) is 0. The highest BCUT2D eigenvalue weighted by molar-refractivity contribution is 6.15. The second-order valence-electron chi connectivity index (χ2n) is 6.96. The first-order valence-corrected chi connectivity index (χ1v) is 9.50. The number of carbonyl (C=O) groups is 2. The number of aromatic nitrogens is 1. The number of ether oxygens (including phenoxy) is 2. The number of nitrogens with zero attached hydrogens (tertiary/aromatic N) is 1. The number of rotatable bonds is 6. The van der Waals surface area contributed by atoms with E-state index in [9.17, 15) is 9.59 Å². The third-order valence-electron chi connectivity index (χ3n) is 5.02. The first kappa shape index (κ1) is 18.1. The molecule has 3 heterocycles. The second-order valence-corrected chi connectivity index (χ2v) is 6.96. The molecule has 0 fully saturated rings. The van der Waals surface area contributed by atoms with Gasteiger partial charge in [-0.25, -0.2) is 0 Å². The first-order valence-electron chi connectivity index (χ1n) is 9.50. The van der Waals surface area contributed by atoms with Gasteiger partial charge in [0.1, 0.15) is 6.54 Å². The zero-order valence-corrected chi connectivity index (χ0v) is 16.0. The largest absolute Gasteiger partial charge is 0.461 e. The van der Waals surface area contributed by atoms with Crippen LogP contribution in [0.5, 0.6) is 11.5 Å². The highest BCUT2D eigenvalue weighted by Gasteiger charge is 2.19. The molecule has 0 aliphatic carbocycles. The molecule has 7 nitrogen and oxygen atoms in total. The molecule has 2 aromatic carbocycles. The third kappa shape index (κ3) is 3.30. The lowest BCUT2D eigenvalue weighted by atomic mass is 10.1. The Bertz CT molecular complexity index is 1240. The van der Waals surface area contributed by atoms with Crippen molar-refractivity contribution >= 4 is 22.6 Å². The number of nitrogens with one attached hydrogen (secondary N) is 1. The molecule has 5 rings (SSSR count). The summed E-state index contributed by atoms with van der Waals surface area (Å²) in [6, 6.07) is 16.4. The molecule has 2 aromatic heterocycles. The first-order chi connectivity index (χ1) is 14.7. The number of ketones is 1. The van der Waals surface area contributed by atoms with Crippen LogP contribution < -0.4 is 14.8 Å². The molecule has 0 unspecified atom stereocenters. The van der Waals surface area contributed by atoms with Crippen molar-refractivity contribution in [1.82, 2.24) is 9.88 Å². The minimum absolute atomic E-state index is 0.0937. The van der Waals surface area contributed by atoms with Crippen molar-refractivity contribution in [3.8, 4) is 11.5 Å². The number of hydrogen-bond acceptors (Lipinski definition) is 5. The van der Waals surface area contributed by atoms with Crippen LogP contribution in [-0.4, -0.2) is 23.1 Å². The maximum Gasteiger partial charge on any atom is 0.240 e. The van der Waals surface area contributed by atoms with E-state index in [-0.39, 0.29) is 30.8 Å². The molecule has 1 amide bonds. The molecule has 0 radical (unpaired) electrons. The monoisotopic (exact) mass is 402 g/mol. The molecule has 4 aromatic rings. The molecule has 30 heavy (non-hydrogen) atoms. The van der Waals surface area contributed by atoms with Gasteiger partial charge in [-0.2, -0.15) is 0 Å². The molecule has 0 spiro atoms. The van der Waals surface area contributed by atoms with Gasteiger partial charge < -0.3 is 23.8 Å². The molecule has 1 N–H and O–H groups in total. The van der Waals surface area contributed by atoms with E-state index in [2.05, 4.69) is 5.32 Å². The van der Waals surface area contributed by atoms with E-state index in [0.717, 1.165) is 16.5 Å². The number of carbonyl (C=O) groups excluding carboxylic acids is 2. The van der Waals surface area contributed by atoms with Crippen LogP contribution in [-0.2, 0) is 17.9 Å². The summed E-state index contributed by atoms with van der Waals surface area (Å²) < 4.78 is 17.7. The number of hydrogen-bond donors (Lipinski definition) is 1. The number of para-hydroxylation sites is 1. The highest BCUT2D eigenvalue weighted by Crippen LogP contribution is 2.32. The van der Waals surface area contributed by atoms with Gasteiger partial charge in [-0.1, -0.05) is 24.3 Å². The Morgan fingerprint density at radius 3 is 2.73 bits per heavy atom. The summed E-state index contributed by atoms with van der Waals surface area (Å²) >= 11 is 0. The molecule has 0 atom stereocenters. The van der Waals surface area contributed by atoms with Gasteiger partial charge in [-0.15, -0.1) is 0 Å². The van der Waals surface area contributed by atoms with Gasteiger partial charge in [0.2, 0.25) is 18.5 Å². The van der Waals surface area contributed by atoms with E-state index in [0.29, 0.717) is 23.6 Å². The molecule has 150 valence electrons. The highest BCUT2D eigenvalue weighted by atomic mass is 16.7. The Morgan fingerprint density at radius 2 is 1.87 bits per heavy atom. The third-order valence-corrected chi connectivity index (χ3v) is 5.02. The van der Waals surface area contributed by atoms with Crippen LogP contribution in [0.25, 0.3) is 10.9 Å². The Kier molecular flexibility index (Phi) is 4.48. The van der Waals surface area contributed by atoms with Crippen LogP contribution in [0.2, 0.25) is 0 Å². The van der Waals surface area contributed by atoms with E-state index >= 15 is 0 Å². The number of amides is 1. The second kappa shape index (κ2) is 7.44. The number of furan rings is 1. The average Bonchev–Trinajstić information content (AvgIpc) is 3.52. The quantitative estimate of drug-likeness (QED) is 0.499. The molecule has 0 bridgehead atoms. The van der Waals surface area contributed by atoms with Crippen LogP contribution in [0, 0.1) is 0 Å². The molecular weight excluding hydrogens is 384 g/mol. The van der Waals surface area contributed by atoms with Gasteiger partial charge in [0, 0.05) is 23.6 Å². The molecular formula is C23H18N2O5. The van der Waals surface area contributed by atoms with Crippen LogP contribution >= 0.6 is 0 Å². The van der Waals surface area contributed by atoms with Crippen molar-refractivity contribution in [2.24, 2.45) is 0 Å². The molecule has 7 heteroatoms. The summed E-state index contributed by atoms with van der Waals surface area (Å²) in [5.74, 6) is 1.28. The fourth-order valence-electron chi connectivity index (χ4n) is 3.56. The van der Waals surface area contributed by atoms with Crippen molar-refractivity contribution in [3.63, 3.8) is 0 Å². The van der Waals surface area contributed by atoms with Gasteiger partial charge in [0.15, 0.2) is 17.3 Å². The average molecular weight is 402 g/mol. The van der Waals surface area contributed by atoms with Crippen LogP contribution in [0.3, 0.4) is 0 Å². The van der Waals surface area contributed by atoms with Crippen LogP contribution in [0.4, 0.5) is 0 Å². The minimum Gasteiger partial charge on any atom is -0.461 e. The fourth-order valence-corrected chi connectivity index (χ4v) is 3.56. The van der Waals surface area contributed by atoms with Gasteiger partial charge in [0.25, 0.3) is 0 Å². The molecule has 0 saturated carbocycles. The molecule has 1 aliphatic heterocycles. The summed E-state index contributed by atoms with van der Waals surface area (Å²) in [5.41, 5.74) is 2.23. The lowest BCUT2D eigenvalue weighted by molar-refractivity contribution is -0.121. The predicted octanol–water partition coefficient (Wildman–Crippen LogP) is 3.51. The van der Waals surface area contributed by atoms with Crippen LogP contribution in [0.15, 0.2) is 71.5 Å². The summed E-state index contributed by atoms with van der Waals surface area (Å²) in [6.45, 7) is 0.675. The van der Waals surface area contributed by atoms with Crippen molar-refractivity contribution in [1.29, 1.82) is 0 Å². The smallest absolute Gasteiger partial charge is 0.240 e. The Morgan fingerprint density at radius 1 is 1.00 bits per heavy atom. The van der Waals surface area contributed by atoms with E-state index in [1.54, 1.807) is 22.9 Å². The van der Waals surface area contributed by atoms with E-state index in [1.165, 1.54) is 6.26 Å². The van der Waals surface area contributed by atoms with E-state index in [4.69, 9.17) is 13.9 Å². The topological polar surface area (TPSA) is 82.7 Å². The zero-order chi connectivity index (χ0) is 20.5. The van der Waals surface area contributed by atoms with Gasteiger partial charge in [-0.3, -0.25) is 9.59 Å². The van der Waals surface area contributed by atoms with Crippen LogP contribution in [0.1, 0.15) is 21.7 Å².